The van der Waals surface area contributed by atoms with Crippen molar-refractivity contribution >= 4 is 38.6 Å². The number of hydrogen-bond donors (Lipinski definition) is 1. The third-order valence-corrected chi connectivity index (χ3v) is 6.07. The molecule has 1 heterocycles. The summed E-state index contributed by atoms with van der Waals surface area (Å²) in [5.41, 5.74) is 4.84. The largest absolute Gasteiger partial charge is 0.493 e. The minimum absolute atomic E-state index is 0.207. The Balaban J connectivity index is 1.56. The van der Waals surface area contributed by atoms with Gasteiger partial charge in [0.25, 0.3) is 5.91 Å². The molecular formula is C26H25BrN2O3. The van der Waals surface area contributed by atoms with E-state index in [9.17, 15) is 4.79 Å². The number of carbonyl (C=O) groups is 1. The topological polar surface area (TPSA) is 64.4 Å². The van der Waals surface area contributed by atoms with Crippen molar-refractivity contribution in [3.8, 4) is 17.2 Å². The van der Waals surface area contributed by atoms with Gasteiger partial charge in [-0.05, 0) is 89.3 Å². The SMILES string of the molecule is CCOc1ccc(C(=O)Nc2cccc(-c3nc4cc(C(C)CC)ccc4o3)c2)cc1Br. The zero-order valence-corrected chi connectivity index (χ0v) is 19.9. The molecule has 0 spiro atoms. The van der Waals surface area contributed by atoms with Crippen LogP contribution in [-0.2, 0) is 0 Å². The van der Waals surface area contributed by atoms with Crippen LogP contribution in [0, 0.1) is 0 Å². The van der Waals surface area contributed by atoms with Crippen LogP contribution in [0.5, 0.6) is 5.75 Å². The van der Waals surface area contributed by atoms with E-state index in [0.29, 0.717) is 35.4 Å². The number of fused-ring (bicyclic) bond motifs is 1. The molecule has 0 saturated heterocycles. The summed E-state index contributed by atoms with van der Waals surface area (Å²) in [6.45, 7) is 6.86. The molecule has 164 valence electrons. The summed E-state index contributed by atoms with van der Waals surface area (Å²) in [5, 5.41) is 2.94. The van der Waals surface area contributed by atoms with E-state index in [4.69, 9.17) is 9.15 Å². The highest BCUT2D eigenvalue weighted by Crippen LogP contribution is 2.30. The predicted molar refractivity (Wildman–Crippen MR) is 131 cm³/mol. The van der Waals surface area contributed by atoms with E-state index in [0.717, 1.165) is 27.6 Å². The minimum atomic E-state index is -0.207. The van der Waals surface area contributed by atoms with Gasteiger partial charge in [-0.15, -0.1) is 0 Å². The van der Waals surface area contributed by atoms with Gasteiger partial charge in [-0.25, -0.2) is 4.98 Å². The molecular weight excluding hydrogens is 468 g/mol. The molecule has 4 aromatic rings. The summed E-state index contributed by atoms with van der Waals surface area (Å²) in [7, 11) is 0. The lowest BCUT2D eigenvalue weighted by atomic mass is 9.98. The number of nitrogens with zero attached hydrogens (tertiary/aromatic N) is 1. The van der Waals surface area contributed by atoms with Gasteiger partial charge in [0.1, 0.15) is 11.3 Å². The van der Waals surface area contributed by atoms with Gasteiger partial charge in [0, 0.05) is 16.8 Å². The molecule has 5 nitrogen and oxygen atoms in total. The Hall–Kier alpha value is -3.12. The number of nitrogens with one attached hydrogen (secondary N) is 1. The molecule has 6 heteroatoms. The third kappa shape index (κ3) is 4.70. The number of aromatic nitrogens is 1. The van der Waals surface area contributed by atoms with Gasteiger partial charge in [-0.3, -0.25) is 4.79 Å². The quantitative estimate of drug-likeness (QED) is 0.291. The first-order chi connectivity index (χ1) is 15.5. The predicted octanol–water partition coefficient (Wildman–Crippen LogP) is 7.42. The first kappa shape index (κ1) is 22.1. The Morgan fingerprint density at radius 1 is 1.12 bits per heavy atom. The molecule has 0 aliphatic carbocycles. The molecule has 0 aliphatic heterocycles. The molecule has 0 aliphatic rings. The number of hydrogen-bond acceptors (Lipinski definition) is 4. The number of benzene rings is 3. The second-order valence-corrected chi connectivity index (χ2v) is 8.52. The van der Waals surface area contributed by atoms with Gasteiger partial charge < -0.3 is 14.5 Å². The van der Waals surface area contributed by atoms with E-state index < -0.39 is 0 Å². The third-order valence-electron chi connectivity index (χ3n) is 5.45. The first-order valence-electron chi connectivity index (χ1n) is 10.7. The monoisotopic (exact) mass is 492 g/mol. The van der Waals surface area contributed by atoms with E-state index in [2.05, 4.69) is 52.2 Å². The van der Waals surface area contributed by atoms with Gasteiger partial charge in [0.2, 0.25) is 5.89 Å². The van der Waals surface area contributed by atoms with Crippen molar-refractivity contribution in [3.63, 3.8) is 0 Å². The fraction of sp³-hybridized carbons (Fsp3) is 0.231. The highest BCUT2D eigenvalue weighted by Gasteiger charge is 2.13. The molecule has 4 rings (SSSR count). The average Bonchev–Trinajstić information content (AvgIpc) is 3.23. The summed E-state index contributed by atoms with van der Waals surface area (Å²) in [4.78, 5) is 17.4. The number of carbonyl (C=O) groups excluding carboxylic acids is 1. The molecule has 1 atom stereocenters. The Labute approximate surface area is 195 Å². The first-order valence-corrected chi connectivity index (χ1v) is 11.5. The van der Waals surface area contributed by atoms with Crippen LogP contribution in [0.3, 0.4) is 0 Å². The van der Waals surface area contributed by atoms with Crippen LogP contribution in [0.2, 0.25) is 0 Å². The van der Waals surface area contributed by atoms with Gasteiger partial charge in [0.05, 0.1) is 11.1 Å². The molecule has 0 fully saturated rings. The van der Waals surface area contributed by atoms with Crippen LogP contribution in [0.1, 0.15) is 49.0 Å². The number of amides is 1. The summed E-state index contributed by atoms with van der Waals surface area (Å²) in [6, 6.07) is 18.9. The molecule has 1 aromatic heterocycles. The lowest BCUT2D eigenvalue weighted by Crippen LogP contribution is -2.12. The number of ether oxygens (including phenoxy) is 1. The molecule has 3 aromatic carbocycles. The van der Waals surface area contributed by atoms with Gasteiger partial charge in [-0.1, -0.05) is 26.0 Å². The number of anilines is 1. The number of halogens is 1. The lowest BCUT2D eigenvalue weighted by Gasteiger charge is -2.09. The molecule has 0 saturated carbocycles. The summed E-state index contributed by atoms with van der Waals surface area (Å²) < 4.78 is 12.2. The Bertz CT molecular complexity index is 1270. The maximum atomic E-state index is 12.7. The highest BCUT2D eigenvalue weighted by atomic mass is 79.9. The standard InChI is InChI=1S/C26H25BrN2O3/c1-4-16(3)17-9-12-24-22(15-17)29-26(32-24)19-7-6-8-20(13-19)28-25(30)18-10-11-23(31-5-2)21(27)14-18/h6-16H,4-5H2,1-3H3,(H,28,30). The van der Waals surface area contributed by atoms with Crippen LogP contribution in [-0.4, -0.2) is 17.5 Å². The normalized spacial score (nSPS) is 12.0. The van der Waals surface area contributed by atoms with Crippen molar-refractivity contribution < 1.29 is 13.9 Å². The van der Waals surface area contributed by atoms with Gasteiger partial charge in [-0.2, -0.15) is 0 Å². The van der Waals surface area contributed by atoms with Crippen LogP contribution in [0.4, 0.5) is 5.69 Å². The van der Waals surface area contributed by atoms with E-state index in [1.165, 1.54) is 5.56 Å². The van der Waals surface area contributed by atoms with Crippen molar-refractivity contribution in [1.29, 1.82) is 0 Å². The number of oxazole rings is 1. The fourth-order valence-corrected chi connectivity index (χ4v) is 3.95. The molecule has 1 N–H and O–H groups in total. The Kier molecular flexibility index (Phi) is 6.61. The second kappa shape index (κ2) is 9.57. The van der Waals surface area contributed by atoms with Crippen LogP contribution >= 0.6 is 15.9 Å². The van der Waals surface area contributed by atoms with Crippen molar-refractivity contribution in [2.24, 2.45) is 0 Å². The molecule has 0 radical (unpaired) electrons. The fourth-order valence-electron chi connectivity index (χ4n) is 3.46. The Morgan fingerprint density at radius 2 is 1.97 bits per heavy atom. The van der Waals surface area contributed by atoms with E-state index in [1.807, 2.05) is 37.3 Å². The van der Waals surface area contributed by atoms with E-state index >= 15 is 0 Å². The zero-order chi connectivity index (χ0) is 22.7. The van der Waals surface area contributed by atoms with Crippen molar-refractivity contribution in [2.45, 2.75) is 33.1 Å². The highest BCUT2D eigenvalue weighted by molar-refractivity contribution is 9.10. The van der Waals surface area contributed by atoms with Crippen molar-refractivity contribution in [2.75, 3.05) is 11.9 Å². The summed E-state index contributed by atoms with van der Waals surface area (Å²) >= 11 is 3.45. The van der Waals surface area contributed by atoms with E-state index in [-0.39, 0.29) is 5.91 Å². The smallest absolute Gasteiger partial charge is 0.255 e. The Morgan fingerprint density at radius 3 is 2.72 bits per heavy atom. The lowest BCUT2D eigenvalue weighted by molar-refractivity contribution is 0.102. The van der Waals surface area contributed by atoms with E-state index in [1.54, 1.807) is 18.2 Å². The maximum absolute atomic E-state index is 12.7. The average molecular weight is 493 g/mol. The van der Waals surface area contributed by atoms with Crippen molar-refractivity contribution in [1.82, 2.24) is 4.98 Å². The minimum Gasteiger partial charge on any atom is -0.493 e. The number of rotatable bonds is 7. The van der Waals surface area contributed by atoms with Crippen LogP contribution in [0.15, 0.2) is 69.6 Å². The summed E-state index contributed by atoms with van der Waals surface area (Å²) in [6.07, 6.45) is 1.07. The van der Waals surface area contributed by atoms with Gasteiger partial charge in [0.15, 0.2) is 5.58 Å². The maximum Gasteiger partial charge on any atom is 0.255 e. The van der Waals surface area contributed by atoms with Crippen LogP contribution < -0.4 is 10.1 Å². The molecule has 1 amide bonds. The molecule has 1 unspecified atom stereocenters. The zero-order valence-electron chi connectivity index (χ0n) is 18.3. The van der Waals surface area contributed by atoms with Crippen molar-refractivity contribution in [3.05, 3.63) is 76.3 Å². The molecule has 32 heavy (non-hydrogen) atoms. The second-order valence-electron chi connectivity index (χ2n) is 7.67. The molecule has 0 bridgehead atoms. The van der Waals surface area contributed by atoms with Crippen LogP contribution in [0.25, 0.3) is 22.6 Å². The summed E-state index contributed by atoms with van der Waals surface area (Å²) in [5.74, 6) is 1.50. The van der Waals surface area contributed by atoms with Gasteiger partial charge >= 0.3 is 0 Å².